The van der Waals surface area contributed by atoms with E-state index in [0.717, 1.165) is 18.8 Å². The van der Waals surface area contributed by atoms with E-state index >= 15 is 0 Å². The maximum Gasteiger partial charge on any atom is 0.282 e. The summed E-state index contributed by atoms with van der Waals surface area (Å²) in [7, 11) is 0. The van der Waals surface area contributed by atoms with Gasteiger partial charge < -0.3 is 15.0 Å². The maximum atomic E-state index is 11.9. The second kappa shape index (κ2) is 7.47. The Morgan fingerprint density at radius 3 is 2.67 bits per heavy atom. The number of carbonyl (C=O) groups is 2. The number of thioether (sulfide) groups is 1. The third kappa shape index (κ3) is 4.86. The number of nitrogens with zero attached hydrogens (tertiary/aromatic N) is 2. The van der Waals surface area contributed by atoms with E-state index in [1.54, 1.807) is 4.90 Å². The number of ether oxygens (including phenoxy) is 1. The van der Waals surface area contributed by atoms with E-state index in [9.17, 15) is 9.59 Å². The fourth-order valence-corrected chi connectivity index (χ4v) is 3.59. The van der Waals surface area contributed by atoms with E-state index in [-0.39, 0.29) is 35.9 Å². The smallest absolute Gasteiger partial charge is 0.282 e. The summed E-state index contributed by atoms with van der Waals surface area (Å²) >= 11 is 1.28. The highest BCUT2D eigenvalue weighted by atomic mass is 32.2. The van der Waals surface area contributed by atoms with Gasteiger partial charge in [-0.15, -0.1) is 0 Å². The first-order valence-electron chi connectivity index (χ1n) is 7.53. The molecule has 2 aliphatic heterocycles. The number of hydrogen-bond donors (Lipinski definition) is 1. The summed E-state index contributed by atoms with van der Waals surface area (Å²) in [5.74, 6) is 0.707. The molecule has 0 aromatic carbocycles. The second-order valence-corrected chi connectivity index (χ2v) is 6.95. The molecule has 0 radical (unpaired) electrons. The van der Waals surface area contributed by atoms with Crippen LogP contribution in [-0.4, -0.2) is 77.7 Å². The van der Waals surface area contributed by atoms with E-state index in [2.05, 4.69) is 31.0 Å². The van der Waals surface area contributed by atoms with Crippen molar-refractivity contribution in [2.24, 2.45) is 0 Å². The van der Waals surface area contributed by atoms with Crippen LogP contribution in [0.2, 0.25) is 0 Å². The van der Waals surface area contributed by atoms with Gasteiger partial charge in [-0.3, -0.25) is 14.5 Å². The molecule has 0 aliphatic carbocycles. The van der Waals surface area contributed by atoms with E-state index in [4.69, 9.17) is 4.74 Å². The lowest BCUT2D eigenvalue weighted by molar-refractivity contribution is -0.122. The Bertz CT molecular complexity index is 384. The highest BCUT2D eigenvalue weighted by Gasteiger charge is 2.27. The van der Waals surface area contributed by atoms with Crippen LogP contribution in [0.1, 0.15) is 20.8 Å². The lowest BCUT2D eigenvalue weighted by Gasteiger charge is -2.39. The topological polar surface area (TPSA) is 61.9 Å². The Kier molecular flexibility index (Phi) is 5.89. The average Bonchev–Trinajstić information content (AvgIpc) is 2.80. The molecule has 1 N–H and O–H groups in total. The predicted molar refractivity (Wildman–Crippen MR) is 83.5 cm³/mol. The predicted octanol–water partition coefficient (Wildman–Crippen LogP) is 0.769. The van der Waals surface area contributed by atoms with Gasteiger partial charge in [-0.25, -0.2) is 0 Å². The van der Waals surface area contributed by atoms with Crippen LogP contribution in [0.15, 0.2) is 0 Å². The highest BCUT2D eigenvalue weighted by Crippen LogP contribution is 2.16. The third-order valence-electron chi connectivity index (χ3n) is 3.85. The van der Waals surface area contributed by atoms with Gasteiger partial charge >= 0.3 is 0 Å². The van der Waals surface area contributed by atoms with Gasteiger partial charge in [0.2, 0.25) is 5.91 Å². The fourth-order valence-electron chi connectivity index (χ4n) is 2.77. The molecule has 0 spiro atoms. The Morgan fingerprint density at radius 1 is 1.43 bits per heavy atom. The number of nitrogens with one attached hydrogen (secondary N) is 1. The number of rotatable bonds is 5. The molecule has 0 bridgehead atoms. The van der Waals surface area contributed by atoms with Crippen LogP contribution in [0.3, 0.4) is 0 Å². The van der Waals surface area contributed by atoms with Crippen molar-refractivity contribution in [2.45, 2.75) is 39.0 Å². The van der Waals surface area contributed by atoms with Crippen molar-refractivity contribution >= 4 is 22.9 Å². The fraction of sp³-hybridized carbons (Fsp3) is 0.857. The molecule has 2 heterocycles. The summed E-state index contributed by atoms with van der Waals surface area (Å²) in [4.78, 5) is 27.3. The van der Waals surface area contributed by atoms with Crippen LogP contribution in [0.4, 0.5) is 4.79 Å². The first-order chi connectivity index (χ1) is 9.95. The van der Waals surface area contributed by atoms with E-state index < -0.39 is 0 Å². The number of morpholine rings is 1. The number of carbonyl (C=O) groups excluding carboxylic acids is 2. The zero-order chi connectivity index (χ0) is 15.4. The van der Waals surface area contributed by atoms with Crippen LogP contribution < -0.4 is 5.32 Å². The Balaban J connectivity index is 1.71. The third-order valence-corrected chi connectivity index (χ3v) is 4.74. The van der Waals surface area contributed by atoms with Crippen LogP contribution >= 0.6 is 11.8 Å². The minimum absolute atomic E-state index is 0.00836. The van der Waals surface area contributed by atoms with Crippen molar-refractivity contribution in [3.8, 4) is 0 Å². The van der Waals surface area contributed by atoms with Crippen molar-refractivity contribution in [3.05, 3.63) is 0 Å². The first kappa shape index (κ1) is 16.6. The zero-order valence-corrected chi connectivity index (χ0v) is 13.8. The molecule has 2 rings (SSSR count). The molecule has 3 atom stereocenters. The average molecular weight is 315 g/mol. The quantitative estimate of drug-likeness (QED) is 0.812. The second-order valence-electron chi connectivity index (χ2n) is 5.90. The van der Waals surface area contributed by atoms with Crippen LogP contribution in [0.5, 0.6) is 0 Å². The Morgan fingerprint density at radius 2 is 2.10 bits per heavy atom. The van der Waals surface area contributed by atoms with Crippen molar-refractivity contribution in [3.63, 3.8) is 0 Å². The van der Waals surface area contributed by atoms with Gasteiger partial charge in [-0.1, -0.05) is 11.8 Å². The summed E-state index contributed by atoms with van der Waals surface area (Å²) in [6.45, 7) is 9.50. The van der Waals surface area contributed by atoms with Crippen molar-refractivity contribution < 1.29 is 14.3 Å². The zero-order valence-electron chi connectivity index (χ0n) is 13.0. The Hall–Kier alpha value is -0.790. The highest BCUT2D eigenvalue weighted by molar-refractivity contribution is 8.13. The van der Waals surface area contributed by atoms with Crippen molar-refractivity contribution in [1.29, 1.82) is 0 Å². The lowest BCUT2D eigenvalue weighted by Crippen LogP contribution is -2.52. The van der Waals surface area contributed by atoms with Gasteiger partial charge in [-0.05, 0) is 20.8 Å². The van der Waals surface area contributed by atoms with Gasteiger partial charge in [0.25, 0.3) is 5.24 Å². The summed E-state index contributed by atoms with van der Waals surface area (Å²) < 4.78 is 5.72. The van der Waals surface area contributed by atoms with Gasteiger partial charge in [0.15, 0.2) is 0 Å². The summed E-state index contributed by atoms with van der Waals surface area (Å²) in [5.41, 5.74) is 0. The van der Waals surface area contributed by atoms with Gasteiger partial charge in [0.05, 0.1) is 12.2 Å². The summed E-state index contributed by atoms with van der Waals surface area (Å²) in [5, 5.41) is 2.94. The molecule has 0 aromatic rings. The molecule has 6 nitrogen and oxygen atoms in total. The molecule has 2 saturated heterocycles. The summed E-state index contributed by atoms with van der Waals surface area (Å²) in [6, 6.07) is 0.270. The molecular formula is C14H25N3O3S. The monoisotopic (exact) mass is 315 g/mol. The van der Waals surface area contributed by atoms with Crippen LogP contribution in [0, 0.1) is 0 Å². The van der Waals surface area contributed by atoms with Crippen molar-refractivity contribution in [1.82, 2.24) is 15.1 Å². The van der Waals surface area contributed by atoms with Gasteiger partial charge in [0, 0.05) is 38.0 Å². The van der Waals surface area contributed by atoms with Crippen LogP contribution in [-0.2, 0) is 9.53 Å². The number of amides is 2. The van der Waals surface area contributed by atoms with Gasteiger partial charge in [-0.2, -0.15) is 0 Å². The molecule has 2 aliphatic rings. The summed E-state index contributed by atoms with van der Waals surface area (Å²) in [6.07, 6.45) is 0.456. The Labute approximate surface area is 130 Å². The lowest BCUT2D eigenvalue weighted by atomic mass is 10.1. The molecule has 0 aromatic heterocycles. The molecular weight excluding hydrogens is 290 g/mol. The molecule has 21 heavy (non-hydrogen) atoms. The molecule has 0 saturated carbocycles. The minimum Gasteiger partial charge on any atom is -0.373 e. The minimum atomic E-state index is -0.0768. The first-order valence-corrected chi connectivity index (χ1v) is 8.52. The van der Waals surface area contributed by atoms with Gasteiger partial charge in [0.1, 0.15) is 6.54 Å². The van der Waals surface area contributed by atoms with E-state index in [1.165, 1.54) is 11.8 Å². The van der Waals surface area contributed by atoms with Crippen LogP contribution in [0.25, 0.3) is 0 Å². The number of hydrogen-bond acceptors (Lipinski definition) is 5. The molecule has 7 heteroatoms. The normalized spacial score (nSPS) is 28.7. The molecule has 120 valence electrons. The van der Waals surface area contributed by atoms with Crippen molar-refractivity contribution in [2.75, 3.05) is 38.5 Å². The molecule has 0 unspecified atom stereocenters. The standard InChI is InChI=1S/C14H25N3O3S/c1-10(17-7-11(2)20-12(3)8-17)6-15-13(18)9-16-4-5-21-14(16)19/h10-12H,4-9H2,1-3H3,(H,15,18)/t10-,11+,12+/m0/s1. The van der Waals surface area contributed by atoms with E-state index in [1.807, 2.05) is 0 Å². The van der Waals surface area contributed by atoms with E-state index in [0.29, 0.717) is 13.1 Å². The molecule has 2 amide bonds. The SMILES string of the molecule is C[C@@H]1CN([C@@H](C)CNC(=O)CN2CCSC2=O)C[C@@H](C)O1. The molecule has 2 fully saturated rings. The largest absolute Gasteiger partial charge is 0.373 e. The maximum absolute atomic E-state index is 11.9.